The minimum Gasteiger partial charge on any atom is -0.435 e. The maximum Gasteiger partial charge on any atom is 0.387 e. The van der Waals surface area contributed by atoms with Crippen molar-refractivity contribution in [1.29, 1.82) is 0 Å². The third-order valence-corrected chi connectivity index (χ3v) is 5.09. The summed E-state index contributed by atoms with van der Waals surface area (Å²) in [5.41, 5.74) is 2.49. The lowest BCUT2D eigenvalue weighted by molar-refractivity contribution is -0.0504. The van der Waals surface area contributed by atoms with Crippen LogP contribution in [0.1, 0.15) is 11.4 Å². The van der Waals surface area contributed by atoms with Gasteiger partial charge in [0.1, 0.15) is 5.75 Å². The third kappa shape index (κ3) is 4.19. The van der Waals surface area contributed by atoms with Crippen molar-refractivity contribution in [2.45, 2.75) is 13.0 Å². The van der Waals surface area contributed by atoms with Crippen molar-refractivity contribution in [3.05, 3.63) is 60.2 Å². The number of nitrogens with zero attached hydrogens (tertiary/aromatic N) is 7. The number of ether oxygens (including phenoxy) is 2. The number of morpholine rings is 1. The molecule has 0 bridgehead atoms. The maximum atomic E-state index is 12.7. The molecular weight excluding hydrogens is 420 g/mol. The predicted octanol–water partition coefficient (Wildman–Crippen LogP) is 2.61. The zero-order valence-corrected chi connectivity index (χ0v) is 16.9. The number of hydrogen-bond acceptors (Lipinski definition) is 8. The topological polar surface area (TPSA) is 90.6 Å². The van der Waals surface area contributed by atoms with Gasteiger partial charge in [-0.2, -0.15) is 18.4 Å². The molecule has 11 heteroatoms. The predicted molar refractivity (Wildman–Crippen MR) is 111 cm³/mol. The van der Waals surface area contributed by atoms with Crippen LogP contribution in [0.2, 0.25) is 0 Å². The van der Waals surface area contributed by atoms with Gasteiger partial charge in [-0.25, -0.2) is 9.97 Å². The molecule has 0 radical (unpaired) electrons. The SMILES string of the molecule is FC(F)Oc1ccccc1Cc1nnc2ccc(-c3cnc(N4CCOCC4)nc3)nn12. The van der Waals surface area contributed by atoms with Crippen molar-refractivity contribution in [1.82, 2.24) is 29.8 Å². The van der Waals surface area contributed by atoms with Gasteiger partial charge in [-0.1, -0.05) is 18.2 Å². The molecule has 1 aliphatic heterocycles. The molecule has 0 saturated carbocycles. The molecule has 32 heavy (non-hydrogen) atoms. The summed E-state index contributed by atoms with van der Waals surface area (Å²) in [4.78, 5) is 11.0. The highest BCUT2D eigenvalue weighted by atomic mass is 19.3. The second-order valence-corrected chi connectivity index (χ2v) is 7.14. The Morgan fingerprint density at radius 3 is 2.56 bits per heavy atom. The van der Waals surface area contributed by atoms with Gasteiger partial charge >= 0.3 is 6.61 Å². The maximum absolute atomic E-state index is 12.7. The van der Waals surface area contributed by atoms with Gasteiger partial charge in [-0.3, -0.25) is 0 Å². The van der Waals surface area contributed by atoms with Crippen LogP contribution in [0.4, 0.5) is 14.7 Å². The summed E-state index contributed by atoms with van der Waals surface area (Å²) in [6, 6.07) is 10.2. The number of aromatic nitrogens is 6. The molecular formula is C21H19F2N7O2. The van der Waals surface area contributed by atoms with Gasteiger partial charge < -0.3 is 14.4 Å². The Kier molecular flexibility index (Phi) is 5.55. The standard InChI is InChI=1S/C21H19F2N7O2/c22-20(23)32-17-4-2-1-3-14(17)11-19-27-26-18-6-5-16(28-30(18)19)15-12-24-21(25-13-15)29-7-9-31-10-8-29/h1-6,12-13,20H,7-11H2. The van der Waals surface area contributed by atoms with E-state index in [1.807, 2.05) is 6.07 Å². The van der Waals surface area contributed by atoms with Gasteiger partial charge in [-0.15, -0.1) is 10.2 Å². The van der Waals surface area contributed by atoms with Crippen LogP contribution in [-0.4, -0.2) is 62.7 Å². The lowest BCUT2D eigenvalue weighted by atomic mass is 10.1. The van der Waals surface area contributed by atoms with Gasteiger partial charge in [0, 0.05) is 43.0 Å². The molecule has 9 nitrogen and oxygen atoms in total. The first-order valence-electron chi connectivity index (χ1n) is 10.1. The molecule has 0 atom stereocenters. The Balaban J connectivity index is 1.42. The number of hydrogen-bond donors (Lipinski definition) is 0. The van der Waals surface area contributed by atoms with Gasteiger partial charge in [0.15, 0.2) is 11.5 Å². The highest BCUT2D eigenvalue weighted by molar-refractivity contribution is 5.59. The van der Waals surface area contributed by atoms with E-state index in [9.17, 15) is 8.78 Å². The second kappa shape index (κ2) is 8.79. The average Bonchev–Trinajstić information content (AvgIpc) is 3.23. The van der Waals surface area contributed by atoms with Crippen LogP contribution in [0.15, 0.2) is 48.8 Å². The smallest absolute Gasteiger partial charge is 0.387 e. The van der Waals surface area contributed by atoms with Crippen LogP contribution in [0.3, 0.4) is 0 Å². The summed E-state index contributed by atoms with van der Waals surface area (Å²) < 4.78 is 37.0. The van der Waals surface area contributed by atoms with Crippen molar-refractivity contribution in [2.75, 3.05) is 31.2 Å². The van der Waals surface area contributed by atoms with Gasteiger partial charge in [-0.05, 0) is 18.2 Å². The van der Waals surface area contributed by atoms with Crippen molar-refractivity contribution >= 4 is 11.6 Å². The van der Waals surface area contributed by atoms with Crippen LogP contribution in [0.5, 0.6) is 5.75 Å². The summed E-state index contributed by atoms with van der Waals surface area (Å²) in [7, 11) is 0. The highest BCUT2D eigenvalue weighted by Crippen LogP contribution is 2.24. The Labute approximate surface area is 181 Å². The lowest BCUT2D eigenvalue weighted by Crippen LogP contribution is -2.37. The van der Waals surface area contributed by atoms with E-state index >= 15 is 0 Å². The second-order valence-electron chi connectivity index (χ2n) is 7.14. The van der Waals surface area contributed by atoms with E-state index in [4.69, 9.17) is 4.74 Å². The Morgan fingerprint density at radius 1 is 1.00 bits per heavy atom. The number of halogens is 2. The summed E-state index contributed by atoms with van der Waals surface area (Å²) in [5, 5.41) is 12.9. The van der Waals surface area contributed by atoms with E-state index in [0.29, 0.717) is 41.9 Å². The molecule has 0 amide bonds. The fraction of sp³-hybridized carbons (Fsp3) is 0.286. The minimum atomic E-state index is -2.91. The first-order chi connectivity index (χ1) is 15.7. The number of alkyl halides is 2. The number of anilines is 1. The minimum absolute atomic E-state index is 0.0995. The van der Waals surface area contributed by atoms with E-state index < -0.39 is 6.61 Å². The molecule has 0 aliphatic carbocycles. The first kappa shape index (κ1) is 20.2. The first-order valence-corrected chi connectivity index (χ1v) is 10.1. The zero-order chi connectivity index (χ0) is 21.9. The summed E-state index contributed by atoms with van der Waals surface area (Å²) >= 11 is 0. The van der Waals surface area contributed by atoms with E-state index in [0.717, 1.165) is 18.7 Å². The lowest BCUT2D eigenvalue weighted by Gasteiger charge is -2.26. The summed E-state index contributed by atoms with van der Waals surface area (Å²) in [6.07, 6.45) is 3.68. The van der Waals surface area contributed by atoms with Crippen LogP contribution in [-0.2, 0) is 11.2 Å². The monoisotopic (exact) mass is 439 g/mol. The number of rotatable bonds is 6. The Hall–Kier alpha value is -3.73. The van der Waals surface area contributed by atoms with Crippen LogP contribution >= 0.6 is 0 Å². The molecule has 4 aromatic rings. The van der Waals surface area contributed by atoms with E-state index in [1.165, 1.54) is 6.07 Å². The molecule has 0 unspecified atom stereocenters. The van der Waals surface area contributed by atoms with Crippen LogP contribution < -0.4 is 9.64 Å². The molecule has 0 N–H and O–H groups in total. The molecule has 164 valence electrons. The molecule has 1 aromatic carbocycles. The molecule has 5 rings (SSSR count). The van der Waals surface area contributed by atoms with Crippen molar-refractivity contribution in [3.63, 3.8) is 0 Å². The van der Waals surface area contributed by atoms with Gasteiger partial charge in [0.2, 0.25) is 5.95 Å². The molecule has 4 heterocycles. The van der Waals surface area contributed by atoms with Crippen LogP contribution in [0, 0.1) is 0 Å². The molecule has 1 saturated heterocycles. The largest absolute Gasteiger partial charge is 0.435 e. The highest BCUT2D eigenvalue weighted by Gasteiger charge is 2.16. The van der Waals surface area contributed by atoms with Crippen molar-refractivity contribution in [3.8, 4) is 17.0 Å². The number of benzene rings is 1. The number of para-hydroxylation sites is 1. The molecule has 3 aromatic heterocycles. The van der Waals surface area contributed by atoms with E-state index in [-0.39, 0.29) is 12.2 Å². The zero-order valence-electron chi connectivity index (χ0n) is 16.9. The Bertz CT molecular complexity index is 1210. The van der Waals surface area contributed by atoms with E-state index in [2.05, 4.69) is 34.9 Å². The Morgan fingerprint density at radius 2 is 1.78 bits per heavy atom. The van der Waals surface area contributed by atoms with E-state index in [1.54, 1.807) is 41.2 Å². The normalized spacial score (nSPS) is 14.3. The quantitative estimate of drug-likeness (QED) is 0.453. The molecule has 0 spiro atoms. The van der Waals surface area contributed by atoms with Gasteiger partial charge in [0.25, 0.3) is 0 Å². The summed E-state index contributed by atoms with van der Waals surface area (Å²) in [5.74, 6) is 1.25. The fourth-order valence-corrected chi connectivity index (χ4v) is 3.51. The van der Waals surface area contributed by atoms with Crippen molar-refractivity contribution < 1.29 is 18.3 Å². The average molecular weight is 439 g/mol. The van der Waals surface area contributed by atoms with Crippen molar-refractivity contribution in [2.24, 2.45) is 0 Å². The molecule has 1 fully saturated rings. The number of fused-ring (bicyclic) bond motifs is 1. The van der Waals surface area contributed by atoms with Gasteiger partial charge in [0.05, 0.1) is 18.9 Å². The fourth-order valence-electron chi connectivity index (χ4n) is 3.51. The molecule has 1 aliphatic rings. The van der Waals surface area contributed by atoms with Crippen LogP contribution in [0.25, 0.3) is 16.9 Å². The summed E-state index contributed by atoms with van der Waals surface area (Å²) in [6.45, 7) is -0.0815. The third-order valence-electron chi connectivity index (χ3n) is 5.09.